The summed E-state index contributed by atoms with van der Waals surface area (Å²) in [7, 11) is 1.79. The van der Waals surface area contributed by atoms with Gasteiger partial charge in [0, 0.05) is 31.1 Å². The second kappa shape index (κ2) is 10.0. The minimum absolute atomic E-state index is 0. The van der Waals surface area contributed by atoms with Crippen molar-refractivity contribution in [1.82, 2.24) is 10.6 Å². The summed E-state index contributed by atoms with van der Waals surface area (Å²) >= 11 is 0. The zero-order valence-corrected chi connectivity index (χ0v) is 19.3. The van der Waals surface area contributed by atoms with Gasteiger partial charge >= 0.3 is 0 Å². The zero-order valence-electron chi connectivity index (χ0n) is 17.0. The fourth-order valence-electron chi connectivity index (χ4n) is 3.11. The van der Waals surface area contributed by atoms with Crippen LogP contribution in [0.15, 0.2) is 53.5 Å². The van der Waals surface area contributed by atoms with E-state index in [1.165, 1.54) is 5.56 Å². The molecule has 1 aliphatic rings. The predicted molar refractivity (Wildman–Crippen MR) is 125 cm³/mol. The summed E-state index contributed by atoms with van der Waals surface area (Å²) in [6.07, 6.45) is 0.904. The highest BCUT2D eigenvalue weighted by Gasteiger charge is 2.22. The van der Waals surface area contributed by atoms with E-state index in [-0.39, 0.29) is 35.6 Å². The van der Waals surface area contributed by atoms with Gasteiger partial charge in [0.05, 0.1) is 12.6 Å². The second-order valence-corrected chi connectivity index (χ2v) is 7.62. The Morgan fingerprint density at radius 2 is 1.86 bits per heavy atom. The van der Waals surface area contributed by atoms with Gasteiger partial charge in [0.2, 0.25) is 0 Å². The van der Waals surface area contributed by atoms with Gasteiger partial charge in [-0.05, 0) is 32.9 Å². The van der Waals surface area contributed by atoms with Crippen molar-refractivity contribution in [2.75, 3.05) is 13.7 Å². The van der Waals surface area contributed by atoms with E-state index in [1.807, 2.05) is 36.4 Å². The Kier molecular flexibility index (Phi) is 7.98. The minimum Gasteiger partial charge on any atom is -0.493 e. The molecule has 3 rings (SSSR count). The quantitative estimate of drug-likeness (QED) is 0.368. The van der Waals surface area contributed by atoms with E-state index in [0.717, 1.165) is 29.4 Å². The smallest absolute Gasteiger partial charge is 0.191 e. The lowest BCUT2D eigenvalue weighted by Gasteiger charge is -2.28. The van der Waals surface area contributed by atoms with Gasteiger partial charge in [0.15, 0.2) is 5.96 Å². The van der Waals surface area contributed by atoms with Crippen molar-refractivity contribution in [3.05, 3.63) is 59.7 Å². The van der Waals surface area contributed by atoms with Gasteiger partial charge in [0.25, 0.3) is 0 Å². The van der Waals surface area contributed by atoms with E-state index in [9.17, 15) is 0 Å². The van der Waals surface area contributed by atoms with Crippen LogP contribution in [0.25, 0.3) is 0 Å². The molecule has 0 aliphatic carbocycles. The lowest BCUT2D eigenvalue weighted by Crippen LogP contribution is -2.40. The number of hydrogen-bond acceptors (Lipinski definition) is 3. The van der Waals surface area contributed by atoms with E-state index >= 15 is 0 Å². The Hall–Kier alpha value is -1.96. The molecular formula is C22H30IN3O2. The van der Waals surface area contributed by atoms with Gasteiger partial charge in [-0.15, -0.1) is 24.0 Å². The molecule has 0 radical (unpaired) electrons. The van der Waals surface area contributed by atoms with Crippen LogP contribution in [-0.2, 0) is 6.54 Å². The number of hydrogen-bond donors (Lipinski definition) is 2. The largest absolute Gasteiger partial charge is 0.493 e. The molecule has 0 bridgehead atoms. The molecule has 2 N–H and O–H groups in total. The average Bonchev–Trinajstić information content (AvgIpc) is 2.65. The van der Waals surface area contributed by atoms with Crippen LogP contribution in [0.4, 0.5) is 0 Å². The predicted octanol–water partition coefficient (Wildman–Crippen LogP) is 4.67. The lowest BCUT2D eigenvalue weighted by molar-refractivity contribution is 0.129. The molecule has 0 spiro atoms. The SMILES string of the molecule is CN=C(NCc1ccccc1OC(C)(C)C)NC1CCOc2ccccc21.I. The van der Waals surface area contributed by atoms with Crippen LogP contribution in [0, 0.1) is 0 Å². The molecule has 1 atom stereocenters. The Balaban J connectivity index is 0.00000280. The number of ether oxygens (including phenoxy) is 2. The number of rotatable bonds is 4. The number of para-hydroxylation sites is 2. The first-order valence-corrected chi connectivity index (χ1v) is 9.42. The highest BCUT2D eigenvalue weighted by atomic mass is 127. The lowest BCUT2D eigenvalue weighted by atomic mass is 10.0. The number of benzene rings is 2. The van der Waals surface area contributed by atoms with Crippen LogP contribution in [-0.4, -0.2) is 25.2 Å². The Morgan fingerprint density at radius 3 is 2.61 bits per heavy atom. The van der Waals surface area contributed by atoms with Crippen molar-refractivity contribution in [2.45, 2.75) is 45.4 Å². The molecule has 1 unspecified atom stereocenters. The zero-order chi connectivity index (χ0) is 19.3. The van der Waals surface area contributed by atoms with Crippen molar-refractivity contribution in [1.29, 1.82) is 0 Å². The normalized spacial score (nSPS) is 16.3. The molecule has 1 heterocycles. The molecule has 0 amide bonds. The molecule has 0 fully saturated rings. The third-order valence-electron chi connectivity index (χ3n) is 4.33. The number of nitrogens with one attached hydrogen (secondary N) is 2. The number of aliphatic imine (C=N–C) groups is 1. The summed E-state index contributed by atoms with van der Waals surface area (Å²) in [5.74, 6) is 2.60. The van der Waals surface area contributed by atoms with Crippen LogP contribution in [0.3, 0.4) is 0 Å². The second-order valence-electron chi connectivity index (χ2n) is 7.62. The molecule has 2 aromatic rings. The van der Waals surface area contributed by atoms with Crippen LogP contribution < -0.4 is 20.1 Å². The first kappa shape index (κ1) is 22.3. The van der Waals surface area contributed by atoms with E-state index in [1.54, 1.807) is 7.05 Å². The highest BCUT2D eigenvalue weighted by Crippen LogP contribution is 2.31. The highest BCUT2D eigenvalue weighted by molar-refractivity contribution is 14.0. The minimum atomic E-state index is -0.234. The van der Waals surface area contributed by atoms with Crippen LogP contribution in [0.1, 0.15) is 44.4 Å². The molecule has 1 aliphatic heterocycles. The summed E-state index contributed by atoms with van der Waals surface area (Å²) in [6, 6.07) is 16.4. The van der Waals surface area contributed by atoms with Crippen LogP contribution >= 0.6 is 24.0 Å². The van der Waals surface area contributed by atoms with Gasteiger partial charge in [-0.1, -0.05) is 36.4 Å². The Labute approximate surface area is 184 Å². The van der Waals surface area contributed by atoms with Gasteiger partial charge in [-0.3, -0.25) is 4.99 Å². The van der Waals surface area contributed by atoms with Crippen molar-refractivity contribution in [3.8, 4) is 11.5 Å². The van der Waals surface area contributed by atoms with Crippen molar-refractivity contribution in [2.24, 2.45) is 4.99 Å². The summed E-state index contributed by atoms with van der Waals surface area (Å²) in [4.78, 5) is 4.39. The van der Waals surface area contributed by atoms with Gasteiger partial charge in [0.1, 0.15) is 17.1 Å². The molecule has 0 saturated heterocycles. The number of guanidine groups is 1. The van der Waals surface area contributed by atoms with Crippen molar-refractivity contribution < 1.29 is 9.47 Å². The summed E-state index contributed by atoms with van der Waals surface area (Å²) in [5.41, 5.74) is 2.04. The molecule has 5 nitrogen and oxygen atoms in total. The van der Waals surface area contributed by atoms with E-state index in [2.05, 4.69) is 48.5 Å². The van der Waals surface area contributed by atoms with Crippen molar-refractivity contribution >= 4 is 29.9 Å². The molecule has 0 aromatic heterocycles. The maximum Gasteiger partial charge on any atom is 0.191 e. The molecule has 2 aromatic carbocycles. The van der Waals surface area contributed by atoms with Crippen LogP contribution in [0.5, 0.6) is 11.5 Å². The first-order chi connectivity index (χ1) is 13.0. The topological polar surface area (TPSA) is 54.9 Å². The number of fused-ring (bicyclic) bond motifs is 1. The monoisotopic (exact) mass is 495 g/mol. The van der Waals surface area contributed by atoms with Crippen LogP contribution in [0.2, 0.25) is 0 Å². The molecule has 0 saturated carbocycles. The third-order valence-corrected chi connectivity index (χ3v) is 4.33. The molecule has 152 valence electrons. The summed E-state index contributed by atoms with van der Waals surface area (Å²) in [5, 5.41) is 6.93. The average molecular weight is 495 g/mol. The maximum absolute atomic E-state index is 6.08. The fourth-order valence-corrected chi connectivity index (χ4v) is 3.11. The third kappa shape index (κ3) is 6.02. The molecule has 6 heteroatoms. The maximum atomic E-state index is 6.08. The Bertz CT molecular complexity index is 802. The van der Waals surface area contributed by atoms with E-state index < -0.39 is 0 Å². The van der Waals surface area contributed by atoms with Gasteiger partial charge < -0.3 is 20.1 Å². The van der Waals surface area contributed by atoms with E-state index in [4.69, 9.17) is 9.47 Å². The fraction of sp³-hybridized carbons (Fsp3) is 0.409. The summed E-state index contributed by atoms with van der Waals surface area (Å²) in [6.45, 7) is 7.51. The van der Waals surface area contributed by atoms with E-state index in [0.29, 0.717) is 13.2 Å². The van der Waals surface area contributed by atoms with Gasteiger partial charge in [-0.25, -0.2) is 0 Å². The number of halogens is 1. The standard InChI is InChI=1S/C22H29N3O2.HI/c1-22(2,3)27-19-11-7-5-9-16(19)15-24-21(23-4)25-18-13-14-26-20-12-8-6-10-17(18)20;/h5-12,18H,13-15H2,1-4H3,(H2,23,24,25);1H. The first-order valence-electron chi connectivity index (χ1n) is 9.42. The molecule has 28 heavy (non-hydrogen) atoms. The number of nitrogens with zero attached hydrogens (tertiary/aromatic N) is 1. The molecular weight excluding hydrogens is 465 g/mol. The summed E-state index contributed by atoms with van der Waals surface area (Å²) < 4.78 is 11.8. The van der Waals surface area contributed by atoms with Gasteiger partial charge in [-0.2, -0.15) is 0 Å². The Morgan fingerprint density at radius 1 is 1.14 bits per heavy atom. The van der Waals surface area contributed by atoms with Crippen molar-refractivity contribution in [3.63, 3.8) is 0 Å².